The van der Waals surface area contributed by atoms with E-state index in [0.29, 0.717) is 0 Å². The first-order valence-corrected chi connectivity index (χ1v) is 27.9. The van der Waals surface area contributed by atoms with Crippen LogP contribution in [0.3, 0.4) is 0 Å². The fourth-order valence-corrected chi connectivity index (χ4v) is 11.1. The topological polar surface area (TPSA) is 71.1 Å². The fourth-order valence-electron chi connectivity index (χ4n) is 11.1. The first-order valence-electron chi connectivity index (χ1n) is 27.9. The average Bonchev–Trinajstić information content (AvgIpc) is 3.24. The maximum Gasteiger partial charge on any atom is 0.308 e. The Hall–Kier alpha value is -3.02. The van der Waals surface area contributed by atoms with Gasteiger partial charge in [-0.3, -0.25) is 9.59 Å². The Morgan fingerprint density at radius 1 is 0.441 bits per heavy atom. The van der Waals surface area contributed by atoms with Crippen LogP contribution in [0.1, 0.15) is 256 Å². The monoisotopic (exact) mass is 945 g/mol. The van der Waals surface area contributed by atoms with Crippen LogP contribution >= 0.6 is 0 Å². The molecule has 0 aromatic heterocycles. The summed E-state index contributed by atoms with van der Waals surface area (Å²) in [5.41, 5.74) is 8.59. The Kier molecular flexibility index (Phi) is 24.5. The van der Waals surface area contributed by atoms with Crippen LogP contribution in [-0.4, -0.2) is 23.1 Å². The summed E-state index contributed by atoms with van der Waals surface area (Å²) in [5, 5.41) is 0. The molecule has 0 bridgehead atoms. The third-order valence-corrected chi connectivity index (χ3v) is 16.2. The predicted molar refractivity (Wildman–Crippen MR) is 288 cm³/mol. The third-order valence-electron chi connectivity index (χ3n) is 16.2. The molecule has 0 fully saturated rings. The molecule has 0 N–H and O–H groups in total. The number of carbonyl (C=O) groups excluding carboxylic acids is 2. The van der Waals surface area contributed by atoms with E-state index in [1.807, 2.05) is 13.8 Å². The predicted octanol–water partition coefficient (Wildman–Crippen LogP) is 18.1. The van der Waals surface area contributed by atoms with Crippen LogP contribution in [0.4, 0.5) is 0 Å². The highest BCUT2D eigenvalue weighted by Crippen LogP contribution is 2.47. The van der Waals surface area contributed by atoms with Crippen LogP contribution in [-0.2, 0) is 22.4 Å². The molecule has 0 amide bonds. The maximum atomic E-state index is 11.6. The Morgan fingerprint density at radius 2 is 0.721 bits per heavy atom. The van der Waals surface area contributed by atoms with Gasteiger partial charge in [0, 0.05) is 25.0 Å². The molecule has 0 unspecified atom stereocenters. The van der Waals surface area contributed by atoms with Crippen molar-refractivity contribution >= 4 is 11.9 Å². The first-order chi connectivity index (χ1) is 31.9. The first kappa shape index (κ1) is 59.3. The van der Waals surface area contributed by atoms with E-state index in [9.17, 15) is 9.59 Å². The van der Waals surface area contributed by atoms with E-state index in [2.05, 4.69) is 96.9 Å². The van der Waals surface area contributed by atoms with Crippen molar-refractivity contribution in [3.8, 4) is 23.0 Å². The van der Waals surface area contributed by atoms with Crippen LogP contribution in [0.5, 0.6) is 23.0 Å². The number of ether oxygens (including phenoxy) is 4. The second-order valence-electron chi connectivity index (χ2n) is 24.0. The van der Waals surface area contributed by atoms with Gasteiger partial charge in [-0.05, 0) is 176 Å². The van der Waals surface area contributed by atoms with Crippen molar-refractivity contribution < 1.29 is 28.5 Å². The van der Waals surface area contributed by atoms with Crippen molar-refractivity contribution in [1.82, 2.24) is 0 Å². The quantitative estimate of drug-likeness (QED) is 0.0691. The van der Waals surface area contributed by atoms with Gasteiger partial charge in [0.05, 0.1) is 0 Å². The van der Waals surface area contributed by atoms with E-state index in [-0.39, 0.29) is 23.1 Å². The summed E-state index contributed by atoms with van der Waals surface area (Å²) < 4.78 is 24.5. The molecule has 6 atom stereocenters. The average molecular weight is 946 g/mol. The summed E-state index contributed by atoms with van der Waals surface area (Å²) in [6, 6.07) is 0. The number of hydrogen-bond acceptors (Lipinski definition) is 6. The fraction of sp³-hybridized carbons (Fsp3) is 0.774. The lowest BCUT2D eigenvalue weighted by molar-refractivity contribution is -0.132. The van der Waals surface area contributed by atoms with E-state index in [4.69, 9.17) is 18.9 Å². The lowest BCUT2D eigenvalue weighted by atomic mass is 9.83. The summed E-state index contributed by atoms with van der Waals surface area (Å²) in [7, 11) is 0. The molecule has 0 aliphatic carbocycles. The van der Waals surface area contributed by atoms with Gasteiger partial charge in [0.25, 0.3) is 0 Å². The van der Waals surface area contributed by atoms with Crippen LogP contribution in [0, 0.1) is 77.0 Å². The highest BCUT2D eigenvalue weighted by molar-refractivity contribution is 5.73. The molecular formula is C62H104O6. The van der Waals surface area contributed by atoms with E-state index in [1.54, 1.807) is 0 Å². The summed E-state index contributed by atoms with van der Waals surface area (Å²) in [5.74, 6) is 7.98. The van der Waals surface area contributed by atoms with Gasteiger partial charge in [-0.2, -0.15) is 0 Å². The molecule has 0 saturated carbocycles. The van der Waals surface area contributed by atoms with Crippen molar-refractivity contribution in [2.24, 2.45) is 35.5 Å². The van der Waals surface area contributed by atoms with Gasteiger partial charge in [0.2, 0.25) is 0 Å². The van der Waals surface area contributed by atoms with Gasteiger partial charge in [-0.15, -0.1) is 0 Å². The molecule has 6 nitrogen and oxygen atoms in total. The zero-order chi connectivity index (χ0) is 50.9. The molecule has 2 aliphatic heterocycles. The Bertz CT molecular complexity index is 1750. The van der Waals surface area contributed by atoms with Crippen molar-refractivity contribution in [2.45, 2.75) is 277 Å². The molecule has 2 heterocycles. The highest BCUT2D eigenvalue weighted by Gasteiger charge is 2.36. The standard InChI is InChI=1S/2C31H52O3/c2*1-21(2)13-10-14-22(3)15-11-16-23(4)17-12-19-31(9)20-18-28-26(7)29(33-27(8)32)24(5)25(6)30(28)34-31/h2*21-23H,10-20H2,1-9H3/t2*22-,23-,31-/m10/s1. The SMILES string of the molecule is CC(=O)Oc1c(C)c(C)c2c(c1C)CC[C@@](C)(CCC[C@H](C)CCC[C@H](C)CCCC(C)C)O2.CC(=O)Oc1c(C)c(C)c2c(c1C)CC[C@](C)(CCC[C@@H](C)CCC[C@@H](C)CCCC(C)C)O2. The number of hydrogen-bond donors (Lipinski definition) is 0. The molecule has 0 radical (unpaired) electrons. The molecule has 0 saturated heterocycles. The zero-order valence-electron chi connectivity index (χ0n) is 47.5. The molecule has 2 aromatic rings. The van der Waals surface area contributed by atoms with Gasteiger partial charge in [0.15, 0.2) is 0 Å². The Balaban J connectivity index is 0.000000360. The smallest absolute Gasteiger partial charge is 0.308 e. The largest absolute Gasteiger partial charge is 0.487 e. The van der Waals surface area contributed by atoms with Gasteiger partial charge in [0.1, 0.15) is 34.2 Å². The summed E-state index contributed by atoms with van der Waals surface area (Å²) in [4.78, 5) is 23.2. The van der Waals surface area contributed by atoms with Gasteiger partial charge in [-0.25, -0.2) is 0 Å². The van der Waals surface area contributed by atoms with Crippen LogP contribution < -0.4 is 18.9 Å². The second-order valence-corrected chi connectivity index (χ2v) is 24.0. The van der Waals surface area contributed by atoms with E-state index in [1.165, 1.54) is 128 Å². The van der Waals surface area contributed by atoms with Gasteiger partial charge >= 0.3 is 11.9 Å². The summed E-state index contributed by atoms with van der Waals surface area (Å²) in [6.07, 6.45) is 27.7. The summed E-state index contributed by atoms with van der Waals surface area (Å²) >= 11 is 0. The summed E-state index contributed by atoms with van der Waals surface area (Å²) in [6.45, 7) is 38.9. The van der Waals surface area contributed by atoms with Crippen molar-refractivity contribution in [2.75, 3.05) is 0 Å². The molecule has 6 heteroatoms. The van der Waals surface area contributed by atoms with E-state index >= 15 is 0 Å². The van der Waals surface area contributed by atoms with Gasteiger partial charge in [-0.1, -0.05) is 145 Å². The molecule has 0 spiro atoms. The number of esters is 2. The molecule has 4 rings (SSSR count). The van der Waals surface area contributed by atoms with E-state index < -0.39 is 0 Å². The van der Waals surface area contributed by atoms with Crippen LogP contribution in [0.2, 0.25) is 0 Å². The number of rotatable bonds is 26. The molecule has 2 aromatic carbocycles. The van der Waals surface area contributed by atoms with Gasteiger partial charge < -0.3 is 18.9 Å². The lowest BCUT2D eigenvalue weighted by Crippen LogP contribution is -2.37. The normalized spacial score (nSPS) is 19.5. The lowest BCUT2D eigenvalue weighted by Gasteiger charge is -2.38. The Morgan fingerprint density at radius 3 is 1.00 bits per heavy atom. The highest BCUT2D eigenvalue weighted by atomic mass is 16.5. The van der Waals surface area contributed by atoms with Crippen molar-refractivity contribution in [3.05, 3.63) is 44.5 Å². The number of benzene rings is 2. The van der Waals surface area contributed by atoms with Crippen molar-refractivity contribution in [1.29, 1.82) is 0 Å². The molecule has 388 valence electrons. The maximum absolute atomic E-state index is 11.6. The minimum atomic E-state index is -0.262. The number of carbonyl (C=O) groups is 2. The molecular weight excluding hydrogens is 841 g/mol. The van der Waals surface area contributed by atoms with Crippen LogP contribution in [0.25, 0.3) is 0 Å². The molecule has 68 heavy (non-hydrogen) atoms. The minimum absolute atomic E-state index is 0.107. The van der Waals surface area contributed by atoms with E-state index in [0.717, 1.165) is 130 Å². The Labute approximate surface area is 419 Å². The number of fused-ring (bicyclic) bond motifs is 2. The minimum Gasteiger partial charge on any atom is -0.487 e. The second kappa shape index (κ2) is 28.1. The van der Waals surface area contributed by atoms with Crippen LogP contribution in [0.15, 0.2) is 0 Å². The third kappa shape index (κ3) is 19.0. The molecule has 2 aliphatic rings. The van der Waals surface area contributed by atoms with Crippen molar-refractivity contribution in [3.63, 3.8) is 0 Å². The zero-order valence-corrected chi connectivity index (χ0v) is 47.5.